The van der Waals surface area contributed by atoms with E-state index in [2.05, 4.69) is 208 Å². The van der Waals surface area contributed by atoms with Crippen LogP contribution >= 0.6 is 0 Å². The summed E-state index contributed by atoms with van der Waals surface area (Å²) in [4.78, 5) is 3.74. The predicted molar refractivity (Wildman–Crippen MR) is 252 cm³/mol. The van der Waals surface area contributed by atoms with Crippen LogP contribution in [0.2, 0.25) is 0 Å². The molecule has 5 nitrogen and oxygen atoms in total. The monoisotopic (exact) mass is 768 g/mol. The van der Waals surface area contributed by atoms with Crippen LogP contribution in [-0.4, -0.2) is 18.7 Å². The first-order chi connectivity index (χ1) is 29.7. The molecule has 0 saturated carbocycles. The molecule has 0 unspecified atom stereocenters. The third kappa shape index (κ3) is 4.68. The molecule has 0 aliphatic carbocycles. The number of furan rings is 1. The van der Waals surface area contributed by atoms with Gasteiger partial charge < -0.3 is 23.1 Å². The zero-order valence-corrected chi connectivity index (χ0v) is 32.7. The second-order valence-electron chi connectivity index (χ2n) is 15.9. The highest BCUT2D eigenvalue weighted by molar-refractivity contribution is 6.19. The minimum absolute atomic E-state index is 0.905. The van der Waals surface area contributed by atoms with Gasteiger partial charge in [0.15, 0.2) is 0 Å². The van der Waals surface area contributed by atoms with E-state index in [1.54, 1.807) is 0 Å². The lowest BCUT2D eigenvalue weighted by Crippen LogP contribution is -1.93. The summed E-state index contributed by atoms with van der Waals surface area (Å²) in [5.74, 6) is 0. The molecule has 0 aliphatic rings. The van der Waals surface area contributed by atoms with E-state index in [-0.39, 0.29) is 0 Å². The number of aromatic nitrogens is 4. The maximum atomic E-state index is 6.18. The Morgan fingerprint density at radius 2 is 0.750 bits per heavy atom. The molecule has 5 heterocycles. The Bertz CT molecular complexity index is 3930. The average Bonchev–Trinajstić information content (AvgIpc) is 4.10. The van der Waals surface area contributed by atoms with Crippen LogP contribution in [-0.2, 0) is 7.05 Å². The van der Waals surface area contributed by atoms with Crippen molar-refractivity contribution in [1.82, 2.24) is 18.7 Å². The molecule has 282 valence electrons. The standard InChI is InChI=1S/C42H25N3O.C13H11N/c1-5-13-37-27(9-1)28-10-2-6-14-38(28)44(37)25-17-19-35-31(21-25)32-24-40-33(23-36(32)43-35)29-11-3-7-15-39(29)45(40)26-18-20-42-34(22-26)30-12-4-8-16-41(30)46-42;1-14-12-8-4-2-6-10(12)11-7-3-5-9-13(11)14/h1-24,43H;2-9H,1H3. The van der Waals surface area contributed by atoms with Crippen LogP contribution in [0.25, 0.3) is 121 Å². The summed E-state index contributed by atoms with van der Waals surface area (Å²) in [7, 11) is 2.12. The van der Waals surface area contributed by atoms with Crippen molar-refractivity contribution in [2.75, 3.05) is 0 Å². The van der Waals surface area contributed by atoms with Crippen LogP contribution in [0.1, 0.15) is 0 Å². The zero-order chi connectivity index (χ0) is 39.5. The third-order valence-corrected chi connectivity index (χ3v) is 12.7. The topological polar surface area (TPSA) is 43.7 Å². The van der Waals surface area contributed by atoms with Gasteiger partial charge in [-0.15, -0.1) is 0 Å². The molecule has 0 aliphatic heterocycles. The third-order valence-electron chi connectivity index (χ3n) is 12.7. The van der Waals surface area contributed by atoms with Gasteiger partial charge in [-0.3, -0.25) is 0 Å². The molecule has 0 saturated heterocycles. The molecule has 0 bridgehead atoms. The lowest BCUT2D eigenvalue weighted by molar-refractivity contribution is 0.669. The van der Waals surface area contributed by atoms with Crippen LogP contribution in [0.4, 0.5) is 0 Å². The van der Waals surface area contributed by atoms with Gasteiger partial charge in [0.25, 0.3) is 0 Å². The van der Waals surface area contributed by atoms with E-state index in [1.807, 2.05) is 12.1 Å². The molecule has 14 rings (SSSR count). The van der Waals surface area contributed by atoms with Gasteiger partial charge in [0, 0.05) is 94.4 Å². The van der Waals surface area contributed by atoms with E-state index in [1.165, 1.54) is 76.2 Å². The quantitative estimate of drug-likeness (QED) is 0.187. The first-order valence-electron chi connectivity index (χ1n) is 20.5. The molecular formula is C55H36N4O. The molecule has 5 heteroatoms. The van der Waals surface area contributed by atoms with Gasteiger partial charge in [0.05, 0.1) is 22.1 Å². The van der Waals surface area contributed by atoms with Crippen LogP contribution < -0.4 is 0 Å². The fraction of sp³-hybridized carbons (Fsp3) is 0.0182. The zero-order valence-electron chi connectivity index (χ0n) is 32.7. The molecule has 5 aromatic heterocycles. The molecular weight excluding hydrogens is 733 g/mol. The van der Waals surface area contributed by atoms with Gasteiger partial charge in [-0.1, -0.05) is 109 Å². The number of hydrogen-bond acceptors (Lipinski definition) is 1. The number of nitrogens with one attached hydrogen (secondary N) is 1. The fourth-order valence-corrected chi connectivity index (χ4v) is 9.94. The number of H-pyrrole nitrogens is 1. The summed E-state index contributed by atoms with van der Waals surface area (Å²) in [5.41, 5.74) is 13.8. The van der Waals surface area contributed by atoms with Crippen LogP contribution in [0, 0.1) is 0 Å². The van der Waals surface area contributed by atoms with E-state index in [9.17, 15) is 0 Å². The van der Waals surface area contributed by atoms with Gasteiger partial charge in [-0.2, -0.15) is 0 Å². The van der Waals surface area contributed by atoms with E-state index in [0.717, 1.165) is 44.3 Å². The van der Waals surface area contributed by atoms with Gasteiger partial charge in [-0.25, -0.2) is 0 Å². The van der Waals surface area contributed by atoms with Crippen molar-refractivity contribution in [2.24, 2.45) is 7.05 Å². The molecule has 1 N–H and O–H groups in total. The molecule has 0 atom stereocenters. The Kier molecular flexibility index (Phi) is 6.87. The van der Waals surface area contributed by atoms with Crippen molar-refractivity contribution in [3.63, 3.8) is 0 Å². The maximum absolute atomic E-state index is 6.18. The maximum Gasteiger partial charge on any atom is 0.135 e. The summed E-state index contributed by atoms with van der Waals surface area (Å²) in [6, 6.07) is 69.5. The smallest absolute Gasteiger partial charge is 0.135 e. The van der Waals surface area contributed by atoms with Crippen molar-refractivity contribution in [3.05, 3.63) is 194 Å². The number of aromatic amines is 1. The number of benzene rings is 9. The van der Waals surface area contributed by atoms with Crippen molar-refractivity contribution in [2.45, 2.75) is 0 Å². The molecule has 0 spiro atoms. The number of rotatable bonds is 2. The highest BCUT2D eigenvalue weighted by Crippen LogP contribution is 2.40. The van der Waals surface area contributed by atoms with E-state index in [4.69, 9.17) is 4.42 Å². The molecule has 60 heavy (non-hydrogen) atoms. The number of aryl methyl sites for hydroxylation is 1. The molecule has 0 radical (unpaired) electrons. The summed E-state index contributed by atoms with van der Waals surface area (Å²) >= 11 is 0. The Hall–Kier alpha value is -8.02. The Balaban J connectivity index is 0.000000224. The van der Waals surface area contributed by atoms with Crippen molar-refractivity contribution in [3.8, 4) is 11.4 Å². The number of para-hydroxylation sites is 6. The minimum Gasteiger partial charge on any atom is -0.456 e. The van der Waals surface area contributed by atoms with Crippen LogP contribution in [0.5, 0.6) is 0 Å². The average molecular weight is 769 g/mol. The fourth-order valence-electron chi connectivity index (χ4n) is 9.94. The lowest BCUT2D eigenvalue weighted by Gasteiger charge is -2.09. The van der Waals surface area contributed by atoms with E-state index < -0.39 is 0 Å². The number of fused-ring (bicyclic) bond motifs is 15. The predicted octanol–water partition coefficient (Wildman–Crippen LogP) is 14.7. The first kappa shape index (κ1) is 33.0. The van der Waals surface area contributed by atoms with Gasteiger partial charge in [-0.05, 0) is 84.9 Å². The van der Waals surface area contributed by atoms with Gasteiger partial charge in [0.1, 0.15) is 11.2 Å². The van der Waals surface area contributed by atoms with E-state index >= 15 is 0 Å². The summed E-state index contributed by atoms with van der Waals surface area (Å²) in [6.45, 7) is 0. The lowest BCUT2D eigenvalue weighted by atomic mass is 10.1. The number of hydrogen-bond donors (Lipinski definition) is 1. The largest absolute Gasteiger partial charge is 0.456 e. The Labute approximate surface area is 343 Å². The van der Waals surface area contributed by atoms with Crippen LogP contribution in [0.15, 0.2) is 199 Å². The Morgan fingerprint density at radius 1 is 0.317 bits per heavy atom. The summed E-state index contributed by atoms with van der Waals surface area (Å²) in [5, 5.41) is 12.4. The molecule has 0 fully saturated rings. The highest BCUT2D eigenvalue weighted by Gasteiger charge is 2.18. The molecule has 9 aromatic carbocycles. The number of nitrogens with zero attached hydrogens (tertiary/aromatic N) is 3. The van der Waals surface area contributed by atoms with Crippen molar-refractivity contribution >= 4 is 109 Å². The second kappa shape index (κ2) is 12.5. The highest BCUT2D eigenvalue weighted by atomic mass is 16.3. The second-order valence-corrected chi connectivity index (χ2v) is 15.9. The Morgan fingerprint density at radius 3 is 1.37 bits per heavy atom. The summed E-state index contributed by atoms with van der Waals surface area (Å²) < 4.78 is 13.2. The summed E-state index contributed by atoms with van der Waals surface area (Å²) in [6.07, 6.45) is 0. The van der Waals surface area contributed by atoms with E-state index in [0.29, 0.717) is 0 Å². The van der Waals surface area contributed by atoms with Gasteiger partial charge in [0.2, 0.25) is 0 Å². The first-order valence-corrected chi connectivity index (χ1v) is 20.5. The SMILES string of the molecule is Cn1c2ccccc2c2ccccc21.c1ccc2c(c1)oc1ccc(-n3c4ccccc4c4cc5[nH]c6ccc(-n7c8ccccc8c8ccccc87)cc6c5cc43)cc12. The normalized spacial score (nSPS) is 12.1. The van der Waals surface area contributed by atoms with Crippen molar-refractivity contribution < 1.29 is 4.42 Å². The van der Waals surface area contributed by atoms with Crippen LogP contribution in [0.3, 0.4) is 0 Å². The molecule has 0 amide bonds. The van der Waals surface area contributed by atoms with Gasteiger partial charge >= 0.3 is 0 Å². The molecule has 14 aromatic rings. The van der Waals surface area contributed by atoms with Crippen molar-refractivity contribution in [1.29, 1.82) is 0 Å². The minimum atomic E-state index is 0.905.